The largest absolute Gasteiger partial charge is 0.491 e. The molecule has 0 aliphatic carbocycles. The lowest BCUT2D eigenvalue weighted by atomic mass is 9.92. The van der Waals surface area contributed by atoms with E-state index in [4.69, 9.17) is 9.47 Å². The second kappa shape index (κ2) is 7.39. The standard InChI is InChI=1S/C15H23NO2/c1-17-9-10-18-15-7-3-2-6-14(15)11-13-5-4-8-16-12-13/h2-3,6-7,13,16H,4-5,8-12H2,1H3. The van der Waals surface area contributed by atoms with Crippen LogP contribution in [0.5, 0.6) is 5.75 Å². The molecular formula is C15H23NO2. The van der Waals surface area contributed by atoms with Crippen LogP contribution in [0.3, 0.4) is 0 Å². The highest BCUT2D eigenvalue weighted by Gasteiger charge is 2.15. The first-order valence-corrected chi connectivity index (χ1v) is 6.80. The molecule has 1 aromatic carbocycles. The summed E-state index contributed by atoms with van der Waals surface area (Å²) in [4.78, 5) is 0. The third kappa shape index (κ3) is 4.00. The monoisotopic (exact) mass is 249 g/mol. The Morgan fingerprint density at radius 2 is 2.17 bits per heavy atom. The van der Waals surface area contributed by atoms with E-state index in [0.717, 1.165) is 24.6 Å². The van der Waals surface area contributed by atoms with Crippen molar-refractivity contribution in [2.75, 3.05) is 33.4 Å². The van der Waals surface area contributed by atoms with E-state index in [1.165, 1.54) is 24.9 Å². The van der Waals surface area contributed by atoms with Crippen molar-refractivity contribution in [2.24, 2.45) is 5.92 Å². The van der Waals surface area contributed by atoms with E-state index in [1.54, 1.807) is 7.11 Å². The van der Waals surface area contributed by atoms with Crippen LogP contribution in [-0.4, -0.2) is 33.4 Å². The van der Waals surface area contributed by atoms with Crippen molar-refractivity contribution in [3.63, 3.8) is 0 Å². The Kier molecular flexibility index (Phi) is 5.49. The molecule has 0 radical (unpaired) electrons. The van der Waals surface area contributed by atoms with Crippen LogP contribution in [-0.2, 0) is 11.2 Å². The van der Waals surface area contributed by atoms with Crippen LogP contribution in [0.15, 0.2) is 24.3 Å². The number of ether oxygens (including phenoxy) is 2. The van der Waals surface area contributed by atoms with Crippen molar-refractivity contribution in [1.82, 2.24) is 5.32 Å². The van der Waals surface area contributed by atoms with E-state index in [1.807, 2.05) is 6.07 Å². The summed E-state index contributed by atoms with van der Waals surface area (Å²) in [6, 6.07) is 8.36. The van der Waals surface area contributed by atoms with Crippen molar-refractivity contribution in [3.8, 4) is 5.75 Å². The summed E-state index contributed by atoms with van der Waals surface area (Å²) in [6.45, 7) is 3.56. The van der Waals surface area contributed by atoms with Crippen LogP contribution in [0.2, 0.25) is 0 Å². The van der Waals surface area contributed by atoms with Gasteiger partial charge in [0.2, 0.25) is 0 Å². The smallest absolute Gasteiger partial charge is 0.122 e. The highest BCUT2D eigenvalue weighted by atomic mass is 16.5. The number of hydrogen-bond acceptors (Lipinski definition) is 3. The van der Waals surface area contributed by atoms with E-state index in [9.17, 15) is 0 Å². The lowest BCUT2D eigenvalue weighted by Crippen LogP contribution is -2.30. The van der Waals surface area contributed by atoms with E-state index >= 15 is 0 Å². The van der Waals surface area contributed by atoms with Gasteiger partial charge in [0.1, 0.15) is 12.4 Å². The predicted molar refractivity (Wildman–Crippen MR) is 73.1 cm³/mol. The molecule has 0 aromatic heterocycles. The molecule has 100 valence electrons. The lowest BCUT2D eigenvalue weighted by Gasteiger charge is -2.23. The first-order valence-electron chi connectivity index (χ1n) is 6.80. The van der Waals surface area contributed by atoms with Crippen molar-refractivity contribution in [3.05, 3.63) is 29.8 Å². The molecule has 0 saturated carbocycles. The molecule has 18 heavy (non-hydrogen) atoms. The maximum Gasteiger partial charge on any atom is 0.122 e. The topological polar surface area (TPSA) is 30.5 Å². The molecule has 1 N–H and O–H groups in total. The van der Waals surface area contributed by atoms with Gasteiger partial charge in [-0.25, -0.2) is 0 Å². The Hall–Kier alpha value is -1.06. The fourth-order valence-corrected chi connectivity index (χ4v) is 2.46. The van der Waals surface area contributed by atoms with E-state index in [-0.39, 0.29) is 0 Å². The fraction of sp³-hybridized carbons (Fsp3) is 0.600. The van der Waals surface area contributed by atoms with Gasteiger partial charge in [-0.1, -0.05) is 18.2 Å². The molecule has 1 aliphatic rings. The molecular weight excluding hydrogens is 226 g/mol. The molecule has 1 unspecified atom stereocenters. The predicted octanol–water partition coefficient (Wildman–Crippen LogP) is 2.25. The Bertz CT molecular complexity index is 348. The molecule has 1 fully saturated rings. The second-order valence-electron chi connectivity index (χ2n) is 4.87. The van der Waals surface area contributed by atoms with Crippen LogP contribution in [0.4, 0.5) is 0 Å². The van der Waals surface area contributed by atoms with Gasteiger partial charge in [0, 0.05) is 7.11 Å². The SMILES string of the molecule is COCCOc1ccccc1CC1CCCNC1. The maximum absolute atomic E-state index is 5.77. The summed E-state index contributed by atoms with van der Waals surface area (Å²) in [5, 5.41) is 3.47. The Balaban J connectivity index is 1.93. The summed E-state index contributed by atoms with van der Waals surface area (Å²) >= 11 is 0. The van der Waals surface area contributed by atoms with Gasteiger partial charge in [-0.3, -0.25) is 0 Å². The minimum Gasteiger partial charge on any atom is -0.491 e. The lowest BCUT2D eigenvalue weighted by molar-refractivity contribution is 0.145. The molecule has 0 spiro atoms. The number of piperidine rings is 1. The number of hydrogen-bond donors (Lipinski definition) is 1. The van der Waals surface area contributed by atoms with Crippen LogP contribution < -0.4 is 10.1 Å². The number of para-hydroxylation sites is 1. The zero-order chi connectivity index (χ0) is 12.6. The first kappa shape index (κ1) is 13.4. The van der Waals surface area contributed by atoms with Gasteiger partial charge in [0.15, 0.2) is 0 Å². The molecule has 1 aromatic rings. The molecule has 3 nitrogen and oxygen atoms in total. The highest BCUT2D eigenvalue weighted by molar-refractivity contribution is 5.33. The summed E-state index contributed by atoms with van der Waals surface area (Å²) in [5.41, 5.74) is 1.32. The van der Waals surface area contributed by atoms with Gasteiger partial charge in [-0.05, 0) is 49.9 Å². The van der Waals surface area contributed by atoms with Crippen molar-refractivity contribution < 1.29 is 9.47 Å². The molecule has 1 aliphatic heterocycles. The summed E-state index contributed by atoms with van der Waals surface area (Å²) < 4.78 is 10.8. The average Bonchev–Trinajstić information content (AvgIpc) is 2.42. The molecule has 0 amide bonds. The summed E-state index contributed by atoms with van der Waals surface area (Å²) in [5.74, 6) is 1.76. The Morgan fingerprint density at radius 1 is 1.28 bits per heavy atom. The van der Waals surface area contributed by atoms with E-state index < -0.39 is 0 Å². The molecule has 1 heterocycles. The zero-order valence-corrected chi connectivity index (χ0v) is 11.2. The molecule has 3 heteroatoms. The van der Waals surface area contributed by atoms with E-state index in [0.29, 0.717) is 13.2 Å². The third-order valence-electron chi connectivity index (χ3n) is 3.43. The normalized spacial score (nSPS) is 19.7. The highest BCUT2D eigenvalue weighted by Crippen LogP contribution is 2.24. The molecule has 2 rings (SSSR count). The van der Waals surface area contributed by atoms with Gasteiger partial charge < -0.3 is 14.8 Å². The van der Waals surface area contributed by atoms with Crippen molar-refractivity contribution in [1.29, 1.82) is 0 Å². The number of rotatable bonds is 6. The fourth-order valence-electron chi connectivity index (χ4n) is 2.46. The van der Waals surface area contributed by atoms with Gasteiger partial charge in [0.05, 0.1) is 6.61 Å². The summed E-state index contributed by atoms with van der Waals surface area (Å²) in [6.07, 6.45) is 3.72. The maximum atomic E-state index is 5.77. The van der Waals surface area contributed by atoms with Gasteiger partial charge in [-0.2, -0.15) is 0 Å². The molecule has 1 saturated heterocycles. The van der Waals surface area contributed by atoms with Crippen LogP contribution in [0.1, 0.15) is 18.4 Å². The van der Waals surface area contributed by atoms with Crippen molar-refractivity contribution >= 4 is 0 Å². The Labute approximate surface area is 109 Å². The zero-order valence-electron chi connectivity index (χ0n) is 11.2. The first-order chi connectivity index (χ1) is 8.90. The molecule has 1 atom stereocenters. The van der Waals surface area contributed by atoms with Gasteiger partial charge in [0.25, 0.3) is 0 Å². The number of benzene rings is 1. The minimum atomic E-state index is 0.621. The van der Waals surface area contributed by atoms with Gasteiger partial charge >= 0.3 is 0 Å². The van der Waals surface area contributed by atoms with Crippen molar-refractivity contribution in [2.45, 2.75) is 19.3 Å². The van der Waals surface area contributed by atoms with E-state index in [2.05, 4.69) is 23.5 Å². The minimum absolute atomic E-state index is 0.621. The number of methoxy groups -OCH3 is 1. The van der Waals surface area contributed by atoms with Crippen LogP contribution in [0.25, 0.3) is 0 Å². The summed E-state index contributed by atoms with van der Waals surface area (Å²) in [7, 11) is 1.70. The second-order valence-corrected chi connectivity index (χ2v) is 4.87. The Morgan fingerprint density at radius 3 is 2.94 bits per heavy atom. The third-order valence-corrected chi connectivity index (χ3v) is 3.43. The quantitative estimate of drug-likeness (QED) is 0.784. The van der Waals surface area contributed by atoms with Crippen LogP contribution in [0, 0.1) is 5.92 Å². The molecule has 0 bridgehead atoms. The average molecular weight is 249 g/mol. The van der Waals surface area contributed by atoms with Crippen LogP contribution >= 0.6 is 0 Å². The van der Waals surface area contributed by atoms with Gasteiger partial charge in [-0.15, -0.1) is 0 Å². The number of nitrogens with one attached hydrogen (secondary N) is 1.